The Hall–Kier alpha value is -0.830. The first kappa shape index (κ1) is 11.2. The van der Waals surface area contributed by atoms with E-state index < -0.39 is 0 Å². The zero-order valence-corrected chi connectivity index (χ0v) is 9.67. The first-order chi connectivity index (χ1) is 6.44. The molecule has 0 aliphatic rings. The summed E-state index contributed by atoms with van der Waals surface area (Å²) in [5.74, 6) is 0. The van der Waals surface area contributed by atoms with E-state index in [4.69, 9.17) is 5.73 Å². The molecule has 0 saturated carbocycles. The molecule has 0 atom stereocenters. The number of nitrogens with zero attached hydrogens (tertiary/aromatic N) is 2. The Kier molecular flexibility index (Phi) is 3.32. The number of aryl methyl sites for hydroxylation is 1. The molecule has 0 fully saturated rings. The third kappa shape index (κ3) is 2.84. The van der Waals surface area contributed by atoms with Crippen molar-refractivity contribution in [3.05, 3.63) is 17.5 Å². The van der Waals surface area contributed by atoms with Gasteiger partial charge in [-0.25, -0.2) is 0 Å². The van der Waals surface area contributed by atoms with Crippen LogP contribution in [0.3, 0.4) is 0 Å². The summed E-state index contributed by atoms with van der Waals surface area (Å²) in [5, 5.41) is 4.33. The maximum absolute atomic E-state index is 5.59. The first-order valence-electron chi connectivity index (χ1n) is 5.15. The number of aromatic nitrogens is 2. The van der Waals surface area contributed by atoms with Gasteiger partial charge in [0.1, 0.15) is 0 Å². The van der Waals surface area contributed by atoms with Crippen molar-refractivity contribution in [3.63, 3.8) is 0 Å². The topological polar surface area (TPSA) is 43.8 Å². The molecular weight excluding hydrogens is 174 g/mol. The minimum absolute atomic E-state index is 0.362. The predicted octanol–water partition coefficient (Wildman–Crippen LogP) is 2.09. The Morgan fingerprint density at radius 1 is 1.43 bits per heavy atom. The fraction of sp³-hybridized carbons (Fsp3) is 0.727. The Morgan fingerprint density at radius 3 is 2.50 bits per heavy atom. The van der Waals surface area contributed by atoms with Crippen LogP contribution < -0.4 is 5.73 Å². The van der Waals surface area contributed by atoms with Crippen molar-refractivity contribution >= 4 is 0 Å². The van der Waals surface area contributed by atoms with Crippen LogP contribution in [0, 0.1) is 12.3 Å². The summed E-state index contributed by atoms with van der Waals surface area (Å²) in [6.45, 7) is 10.4. The summed E-state index contributed by atoms with van der Waals surface area (Å²) in [7, 11) is 0. The van der Waals surface area contributed by atoms with Crippen LogP contribution in [0.2, 0.25) is 0 Å². The van der Waals surface area contributed by atoms with Crippen LogP contribution in [-0.2, 0) is 13.1 Å². The minimum atomic E-state index is 0.362. The third-order valence-corrected chi connectivity index (χ3v) is 2.50. The minimum Gasteiger partial charge on any atom is -0.326 e. The number of hydrogen-bond donors (Lipinski definition) is 1. The fourth-order valence-electron chi connectivity index (χ4n) is 1.35. The molecule has 80 valence electrons. The molecule has 0 aromatic carbocycles. The van der Waals surface area contributed by atoms with Crippen LogP contribution in [0.4, 0.5) is 0 Å². The van der Waals surface area contributed by atoms with Crippen LogP contribution >= 0.6 is 0 Å². The standard InChI is InChI=1S/C11H21N3/c1-9-10(7-12)8-13-14(9)6-5-11(2,3)4/h8H,5-7,12H2,1-4H3. The molecule has 1 aromatic heterocycles. The van der Waals surface area contributed by atoms with Gasteiger partial charge in [0.2, 0.25) is 0 Å². The zero-order chi connectivity index (χ0) is 10.8. The molecule has 14 heavy (non-hydrogen) atoms. The van der Waals surface area contributed by atoms with Crippen molar-refractivity contribution in [3.8, 4) is 0 Å². The summed E-state index contributed by atoms with van der Waals surface area (Å²) in [4.78, 5) is 0. The summed E-state index contributed by atoms with van der Waals surface area (Å²) in [6, 6.07) is 0. The van der Waals surface area contributed by atoms with Crippen molar-refractivity contribution in [2.24, 2.45) is 11.1 Å². The second-order valence-electron chi connectivity index (χ2n) is 4.99. The molecule has 0 aliphatic heterocycles. The van der Waals surface area contributed by atoms with Crippen molar-refractivity contribution in [1.29, 1.82) is 0 Å². The summed E-state index contributed by atoms with van der Waals surface area (Å²) in [6.07, 6.45) is 3.01. The molecule has 0 radical (unpaired) electrons. The van der Waals surface area contributed by atoms with Crippen LogP contribution in [0.15, 0.2) is 6.20 Å². The number of hydrogen-bond acceptors (Lipinski definition) is 2. The maximum Gasteiger partial charge on any atom is 0.0537 e. The van der Waals surface area contributed by atoms with E-state index in [0.717, 1.165) is 18.5 Å². The van der Waals surface area contributed by atoms with E-state index in [1.54, 1.807) is 0 Å². The van der Waals surface area contributed by atoms with E-state index in [-0.39, 0.29) is 0 Å². The van der Waals surface area contributed by atoms with E-state index in [1.165, 1.54) is 5.69 Å². The number of rotatable bonds is 3. The SMILES string of the molecule is Cc1c(CN)cnn1CCC(C)(C)C. The highest BCUT2D eigenvalue weighted by Gasteiger charge is 2.11. The van der Waals surface area contributed by atoms with Crippen LogP contribution in [-0.4, -0.2) is 9.78 Å². The smallest absolute Gasteiger partial charge is 0.0537 e. The highest BCUT2D eigenvalue weighted by atomic mass is 15.3. The lowest BCUT2D eigenvalue weighted by Crippen LogP contribution is -2.12. The second kappa shape index (κ2) is 4.13. The third-order valence-electron chi connectivity index (χ3n) is 2.50. The molecule has 0 spiro atoms. The Morgan fingerprint density at radius 2 is 2.07 bits per heavy atom. The van der Waals surface area contributed by atoms with E-state index in [9.17, 15) is 0 Å². The lowest BCUT2D eigenvalue weighted by atomic mass is 9.92. The van der Waals surface area contributed by atoms with Crippen LogP contribution in [0.1, 0.15) is 38.4 Å². The van der Waals surface area contributed by atoms with Gasteiger partial charge in [0, 0.05) is 24.3 Å². The van der Waals surface area contributed by atoms with E-state index in [2.05, 4.69) is 32.8 Å². The number of nitrogens with two attached hydrogens (primary N) is 1. The summed E-state index contributed by atoms with van der Waals surface area (Å²) < 4.78 is 2.05. The van der Waals surface area contributed by atoms with E-state index >= 15 is 0 Å². The fourth-order valence-corrected chi connectivity index (χ4v) is 1.35. The molecule has 0 saturated heterocycles. The molecular formula is C11H21N3. The second-order valence-corrected chi connectivity index (χ2v) is 4.99. The van der Waals surface area contributed by atoms with E-state index in [0.29, 0.717) is 12.0 Å². The zero-order valence-electron chi connectivity index (χ0n) is 9.67. The normalized spacial score (nSPS) is 12.1. The van der Waals surface area contributed by atoms with Gasteiger partial charge in [0.25, 0.3) is 0 Å². The van der Waals surface area contributed by atoms with Crippen LogP contribution in [0.5, 0.6) is 0 Å². The lowest BCUT2D eigenvalue weighted by Gasteiger charge is -2.18. The van der Waals surface area contributed by atoms with Crippen molar-refractivity contribution < 1.29 is 0 Å². The van der Waals surface area contributed by atoms with Crippen LogP contribution in [0.25, 0.3) is 0 Å². The predicted molar refractivity (Wildman–Crippen MR) is 58.9 cm³/mol. The van der Waals surface area contributed by atoms with Gasteiger partial charge in [0.15, 0.2) is 0 Å². The van der Waals surface area contributed by atoms with Gasteiger partial charge < -0.3 is 5.73 Å². The van der Waals surface area contributed by atoms with Gasteiger partial charge in [-0.15, -0.1) is 0 Å². The van der Waals surface area contributed by atoms with Gasteiger partial charge in [-0.05, 0) is 18.8 Å². The summed E-state index contributed by atoms with van der Waals surface area (Å²) in [5.41, 5.74) is 8.31. The van der Waals surface area contributed by atoms with E-state index in [1.807, 2.05) is 10.9 Å². The average molecular weight is 195 g/mol. The molecule has 2 N–H and O–H groups in total. The molecule has 1 aromatic rings. The molecule has 0 amide bonds. The quantitative estimate of drug-likeness (QED) is 0.802. The molecule has 0 bridgehead atoms. The van der Waals surface area contributed by atoms with Gasteiger partial charge >= 0.3 is 0 Å². The van der Waals surface area contributed by atoms with Gasteiger partial charge in [-0.2, -0.15) is 5.10 Å². The average Bonchev–Trinajstić information content (AvgIpc) is 2.42. The highest BCUT2D eigenvalue weighted by molar-refractivity contribution is 5.15. The van der Waals surface area contributed by atoms with Crippen molar-refractivity contribution in [2.45, 2.75) is 47.2 Å². The molecule has 0 unspecified atom stereocenters. The largest absolute Gasteiger partial charge is 0.326 e. The van der Waals surface area contributed by atoms with Gasteiger partial charge in [-0.3, -0.25) is 4.68 Å². The molecule has 3 heteroatoms. The molecule has 1 heterocycles. The van der Waals surface area contributed by atoms with Gasteiger partial charge in [-0.1, -0.05) is 20.8 Å². The molecule has 0 aliphatic carbocycles. The van der Waals surface area contributed by atoms with Crippen molar-refractivity contribution in [2.75, 3.05) is 0 Å². The monoisotopic (exact) mass is 195 g/mol. The Balaban J connectivity index is 2.64. The Labute approximate surface area is 86.3 Å². The van der Waals surface area contributed by atoms with Crippen molar-refractivity contribution in [1.82, 2.24) is 9.78 Å². The molecule has 3 nitrogen and oxygen atoms in total. The Bertz CT molecular complexity index is 294. The molecule has 1 rings (SSSR count). The highest BCUT2D eigenvalue weighted by Crippen LogP contribution is 2.20. The first-order valence-corrected chi connectivity index (χ1v) is 5.15. The maximum atomic E-state index is 5.59. The van der Waals surface area contributed by atoms with Gasteiger partial charge in [0.05, 0.1) is 6.20 Å². The lowest BCUT2D eigenvalue weighted by molar-refractivity contribution is 0.339. The summed E-state index contributed by atoms with van der Waals surface area (Å²) >= 11 is 0.